The van der Waals surface area contributed by atoms with Crippen LogP contribution in [0.3, 0.4) is 0 Å². The van der Waals surface area contributed by atoms with Crippen molar-refractivity contribution in [3.63, 3.8) is 0 Å². The van der Waals surface area contributed by atoms with Crippen molar-refractivity contribution in [3.05, 3.63) is 39.2 Å². The molecule has 5 nitrogen and oxygen atoms in total. The van der Waals surface area contributed by atoms with Gasteiger partial charge in [0.2, 0.25) is 0 Å². The Morgan fingerprint density at radius 1 is 1.57 bits per heavy atom. The number of nitro groups is 1. The van der Waals surface area contributed by atoms with E-state index in [-0.39, 0.29) is 16.8 Å². The van der Waals surface area contributed by atoms with Gasteiger partial charge in [-0.25, -0.2) is 4.39 Å². The summed E-state index contributed by atoms with van der Waals surface area (Å²) < 4.78 is 14.2. The molecular formula is C14H17FN2O3S. The van der Waals surface area contributed by atoms with E-state index in [1.54, 1.807) is 16.7 Å². The van der Waals surface area contributed by atoms with E-state index in [0.29, 0.717) is 18.3 Å². The Bertz CT molecular complexity index is 580. The van der Waals surface area contributed by atoms with Crippen LogP contribution < -0.4 is 0 Å². The van der Waals surface area contributed by atoms with Crippen LogP contribution in [0.1, 0.15) is 29.3 Å². The number of rotatable bonds is 3. The number of hydrogen-bond acceptors (Lipinski definition) is 4. The topological polar surface area (TPSA) is 63.5 Å². The van der Waals surface area contributed by atoms with Crippen LogP contribution in [-0.4, -0.2) is 39.8 Å². The molecule has 0 spiro atoms. The molecule has 1 aliphatic rings. The molecule has 0 N–H and O–H groups in total. The molecule has 1 amide bonds. The zero-order valence-corrected chi connectivity index (χ0v) is 12.8. The minimum atomic E-state index is -0.670. The van der Waals surface area contributed by atoms with Gasteiger partial charge in [-0.2, -0.15) is 11.8 Å². The minimum absolute atomic E-state index is 0.117. The number of nitro benzene ring substituents is 1. The molecule has 0 saturated carbocycles. The average Bonchev–Trinajstić information content (AvgIpc) is 2.49. The van der Waals surface area contributed by atoms with Crippen molar-refractivity contribution in [3.8, 4) is 0 Å². The quantitative estimate of drug-likeness (QED) is 0.636. The number of benzene rings is 1. The second-order valence-electron chi connectivity index (χ2n) is 5.03. The van der Waals surface area contributed by atoms with Gasteiger partial charge in [-0.05, 0) is 18.9 Å². The number of nitrogens with zero attached hydrogens (tertiary/aromatic N) is 2. The van der Waals surface area contributed by atoms with Crippen LogP contribution in [0.2, 0.25) is 0 Å². The van der Waals surface area contributed by atoms with E-state index < -0.39 is 16.6 Å². The maximum atomic E-state index is 14.2. The molecule has 21 heavy (non-hydrogen) atoms. The fourth-order valence-corrected chi connectivity index (χ4v) is 3.51. The highest BCUT2D eigenvalue weighted by Crippen LogP contribution is 2.26. The van der Waals surface area contributed by atoms with Crippen LogP contribution in [0.5, 0.6) is 0 Å². The molecule has 1 unspecified atom stereocenters. The van der Waals surface area contributed by atoms with Gasteiger partial charge in [0.25, 0.3) is 11.6 Å². The van der Waals surface area contributed by atoms with Gasteiger partial charge in [-0.1, -0.05) is 6.92 Å². The number of carbonyl (C=O) groups is 1. The SMILES string of the molecule is CCC1CN(C(=O)c2cc([N+](=O)[O-])cc(C)c2F)CCS1. The summed E-state index contributed by atoms with van der Waals surface area (Å²) in [7, 11) is 0. The Kier molecular flexibility index (Phi) is 4.82. The van der Waals surface area contributed by atoms with Gasteiger partial charge in [0, 0.05) is 36.2 Å². The standard InChI is InChI=1S/C14H17FN2O3S/c1-3-11-8-16(4-5-21-11)14(18)12-7-10(17(19)20)6-9(2)13(12)15/h6-7,11H,3-5,8H2,1-2H3. The molecule has 0 radical (unpaired) electrons. The molecule has 1 aliphatic heterocycles. The number of amides is 1. The molecule has 0 aliphatic carbocycles. The fraction of sp³-hybridized carbons (Fsp3) is 0.500. The van der Waals surface area contributed by atoms with E-state index in [1.165, 1.54) is 6.92 Å². The second-order valence-corrected chi connectivity index (χ2v) is 6.44. The molecule has 1 atom stereocenters. The smallest absolute Gasteiger partial charge is 0.270 e. The number of aryl methyl sites for hydroxylation is 1. The largest absolute Gasteiger partial charge is 0.337 e. The monoisotopic (exact) mass is 312 g/mol. The molecule has 1 aromatic carbocycles. The lowest BCUT2D eigenvalue weighted by molar-refractivity contribution is -0.385. The maximum Gasteiger partial charge on any atom is 0.270 e. The van der Waals surface area contributed by atoms with E-state index in [1.807, 2.05) is 6.92 Å². The van der Waals surface area contributed by atoms with Crippen molar-refractivity contribution in [2.75, 3.05) is 18.8 Å². The lowest BCUT2D eigenvalue weighted by atomic mass is 10.1. The lowest BCUT2D eigenvalue weighted by Crippen LogP contribution is -2.42. The minimum Gasteiger partial charge on any atom is -0.337 e. The number of halogens is 1. The highest BCUT2D eigenvalue weighted by molar-refractivity contribution is 8.00. The van der Waals surface area contributed by atoms with E-state index >= 15 is 0 Å². The van der Waals surface area contributed by atoms with Crippen molar-refractivity contribution in [2.24, 2.45) is 0 Å². The first kappa shape index (κ1) is 15.8. The van der Waals surface area contributed by atoms with Gasteiger partial charge >= 0.3 is 0 Å². The fourth-order valence-electron chi connectivity index (χ4n) is 2.33. The normalized spacial score (nSPS) is 18.6. The molecule has 0 aromatic heterocycles. The summed E-state index contributed by atoms with van der Waals surface area (Å²) >= 11 is 1.80. The van der Waals surface area contributed by atoms with Crippen LogP contribution in [0.15, 0.2) is 12.1 Å². The molecule has 1 aromatic rings. The highest BCUT2D eigenvalue weighted by Gasteiger charge is 2.27. The van der Waals surface area contributed by atoms with Crippen molar-refractivity contribution >= 4 is 23.4 Å². The second kappa shape index (κ2) is 6.43. The third kappa shape index (κ3) is 3.34. The number of non-ortho nitro benzene ring substituents is 1. The van der Waals surface area contributed by atoms with Crippen LogP contribution in [0.25, 0.3) is 0 Å². The van der Waals surface area contributed by atoms with Crippen molar-refractivity contribution in [2.45, 2.75) is 25.5 Å². The van der Waals surface area contributed by atoms with Gasteiger partial charge in [-0.3, -0.25) is 14.9 Å². The maximum absolute atomic E-state index is 14.2. The van der Waals surface area contributed by atoms with Gasteiger partial charge < -0.3 is 4.90 Å². The van der Waals surface area contributed by atoms with Crippen LogP contribution >= 0.6 is 11.8 Å². The molecule has 0 bridgehead atoms. The molecular weight excluding hydrogens is 295 g/mol. The summed E-state index contributed by atoms with van der Waals surface area (Å²) in [5.74, 6) is -0.324. The Balaban J connectivity index is 2.32. The molecule has 2 rings (SSSR count). The number of hydrogen-bond donors (Lipinski definition) is 0. The highest BCUT2D eigenvalue weighted by atomic mass is 32.2. The van der Waals surface area contributed by atoms with Gasteiger partial charge in [0.05, 0.1) is 10.5 Å². The van der Waals surface area contributed by atoms with Gasteiger partial charge in [0.1, 0.15) is 5.82 Å². The average molecular weight is 312 g/mol. The first-order valence-corrected chi connectivity index (χ1v) is 7.84. The number of carbonyl (C=O) groups excluding carboxylic acids is 1. The van der Waals surface area contributed by atoms with Crippen molar-refractivity contribution in [1.82, 2.24) is 4.90 Å². The zero-order valence-electron chi connectivity index (χ0n) is 12.0. The Labute approximate surface area is 126 Å². The van der Waals surface area contributed by atoms with E-state index in [4.69, 9.17) is 0 Å². The predicted molar refractivity (Wildman–Crippen MR) is 80.2 cm³/mol. The van der Waals surface area contributed by atoms with E-state index in [9.17, 15) is 19.3 Å². The Hall–Kier alpha value is -1.63. The number of thioether (sulfide) groups is 1. The Morgan fingerprint density at radius 2 is 2.29 bits per heavy atom. The first-order valence-electron chi connectivity index (χ1n) is 6.79. The summed E-state index contributed by atoms with van der Waals surface area (Å²) in [5.41, 5.74) is -0.342. The summed E-state index contributed by atoms with van der Waals surface area (Å²) in [6.45, 7) is 4.58. The lowest BCUT2D eigenvalue weighted by Gasteiger charge is -2.32. The molecule has 1 heterocycles. The van der Waals surface area contributed by atoms with E-state index in [2.05, 4.69) is 0 Å². The van der Waals surface area contributed by atoms with Crippen LogP contribution in [0.4, 0.5) is 10.1 Å². The van der Waals surface area contributed by atoms with Crippen LogP contribution in [0, 0.1) is 22.9 Å². The summed E-state index contributed by atoms with van der Waals surface area (Å²) in [4.78, 5) is 24.3. The zero-order chi connectivity index (χ0) is 15.6. The van der Waals surface area contributed by atoms with Crippen molar-refractivity contribution in [1.29, 1.82) is 0 Å². The van der Waals surface area contributed by atoms with Crippen molar-refractivity contribution < 1.29 is 14.1 Å². The van der Waals surface area contributed by atoms with Crippen LogP contribution in [-0.2, 0) is 0 Å². The molecule has 7 heteroatoms. The molecule has 1 saturated heterocycles. The summed E-state index contributed by atoms with van der Waals surface area (Å²) in [6, 6.07) is 2.18. The summed E-state index contributed by atoms with van der Waals surface area (Å²) in [5, 5.41) is 11.2. The van der Waals surface area contributed by atoms with Gasteiger partial charge in [0.15, 0.2) is 0 Å². The third-order valence-electron chi connectivity index (χ3n) is 3.56. The third-order valence-corrected chi connectivity index (χ3v) is 4.93. The van der Waals surface area contributed by atoms with E-state index in [0.717, 1.165) is 24.3 Å². The molecule has 114 valence electrons. The van der Waals surface area contributed by atoms with Gasteiger partial charge in [-0.15, -0.1) is 0 Å². The predicted octanol–water partition coefficient (Wildman–Crippen LogP) is 3.01. The molecule has 1 fully saturated rings. The first-order chi connectivity index (χ1) is 9.93. The Morgan fingerprint density at radius 3 is 2.90 bits per heavy atom. The summed E-state index contributed by atoms with van der Waals surface area (Å²) in [6.07, 6.45) is 0.935.